The number of carbonyl (C=O) groups is 1. The van der Waals surface area contributed by atoms with E-state index >= 15 is 0 Å². The van der Waals surface area contributed by atoms with Gasteiger partial charge in [-0.15, -0.1) is 11.3 Å². The first kappa shape index (κ1) is 14.3. The largest absolute Gasteiger partial charge is 0.478 e. The molecule has 0 spiro atoms. The van der Waals surface area contributed by atoms with Gasteiger partial charge < -0.3 is 5.11 Å². The van der Waals surface area contributed by atoms with Crippen LogP contribution in [0.5, 0.6) is 0 Å². The summed E-state index contributed by atoms with van der Waals surface area (Å²) >= 11 is 1.68. The predicted octanol–water partition coefficient (Wildman–Crippen LogP) is 4.41. The summed E-state index contributed by atoms with van der Waals surface area (Å²) in [4.78, 5) is 16.5. The van der Waals surface area contributed by atoms with Crippen LogP contribution in [0.15, 0.2) is 6.08 Å². The molecule has 1 aromatic rings. The van der Waals surface area contributed by atoms with Gasteiger partial charge in [0.1, 0.15) is 0 Å². The molecular formula is C15H21NO2S. The van der Waals surface area contributed by atoms with Gasteiger partial charge in [-0.25, -0.2) is 9.78 Å². The molecule has 0 aliphatic heterocycles. The highest BCUT2D eigenvalue weighted by molar-refractivity contribution is 7.12. The molecule has 0 aromatic carbocycles. The van der Waals surface area contributed by atoms with Crippen molar-refractivity contribution in [3.63, 3.8) is 0 Å². The number of rotatable bonds is 4. The van der Waals surface area contributed by atoms with Gasteiger partial charge in [-0.2, -0.15) is 0 Å². The molecule has 1 aliphatic rings. The first-order valence-corrected chi connectivity index (χ1v) is 7.81. The number of thiazole rings is 1. The lowest BCUT2D eigenvalue weighted by molar-refractivity contribution is -0.131. The summed E-state index contributed by atoms with van der Waals surface area (Å²) in [5, 5.41) is 9.96. The monoisotopic (exact) mass is 279 g/mol. The Morgan fingerprint density at radius 1 is 1.37 bits per heavy atom. The van der Waals surface area contributed by atoms with Crippen LogP contribution < -0.4 is 0 Å². The fraction of sp³-hybridized carbons (Fsp3) is 0.600. The number of carboxylic acids is 1. The van der Waals surface area contributed by atoms with E-state index in [0.29, 0.717) is 11.8 Å². The Hall–Kier alpha value is -1.16. The molecule has 104 valence electrons. The quantitative estimate of drug-likeness (QED) is 0.830. The van der Waals surface area contributed by atoms with Gasteiger partial charge in [0, 0.05) is 12.0 Å². The zero-order chi connectivity index (χ0) is 13.8. The van der Waals surface area contributed by atoms with Crippen molar-refractivity contribution in [3.05, 3.63) is 21.7 Å². The van der Waals surface area contributed by atoms with Crippen LogP contribution in [0.4, 0.5) is 0 Å². The lowest BCUT2D eigenvalue weighted by Gasteiger charge is -2.18. The van der Waals surface area contributed by atoms with Crippen molar-refractivity contribution in [1.29, 1.82) is 0 Å². The molecule has 4 heteroatoms. The Balaban J connectivity index is 2.26. The van der Waals surface area contributed by atoms with E-state index in [0.717, 1.165) is 10.6 Å². The van der Waals surface area contributed by atoms with Crippen molar-refractivity contribution in [3.8, 4) is 0 Å². The van der Waals surface area contributed by atoms with Crippen LogP contribution >= 0.6 is 11.3 Å². The SMILES string of the molecule is CC(C)c1nc(C2CCCCC2)sc1/C=C/C(=O)O. The first-order valence-electron chi connectivity index (χ1n) is 6.99. The second kappa shape index (κ2) is 6.33. The number of carboxylic acid groups (broad SMARTS) is 1. The van der Waals surface area contributed by atoms with Crippen molar-refractivity contribution in [2.24, 2.45) is 0 Å². The molecule has 1 aromatic heterocycles. The van der Waals surface area contributed by atoms with Gasteiger partial charge in [0.2, 0.25) is 0 Å². The maximum Gasteiger partial charge on any atom is 0.328 e. The molecule has 0 bridgehead atoms. The Morgan fingerprint density at radius 3 is 2.63 bits per heavy atom. The van der Waals surface area contributed by atoms with Crippen molar-refractivity contribution in [2.45, 2.75) is 57.8 Å². The fourth-order valence-corrected chi connectivity index (χ4v) is 3.86. The molecule has 1 N–H and O–H groups in total. The van der Waals surface area contributed by atoms with Gasteiger partial charge in [0.15, 0.2) is 0 Å². The van der Waals surface area contributed by atoms with Gasteiger partial charge in [0.25, 0.3) is 0 Å². The minimum absolute atomic E-state index is 0.335. The minimum Gasteiger partial charge on any atom is -0.478 e. The molecule has 0 radical (unpaired) electrons. The number of hydrogen-bond donors (Lipinski definition) is 1. The minimum atomic E-state index is -0.901. The maximum absolute atomic E-state index is 10.7. The Bertz CT molecular complexity index is 470. The van der Waals surface area contributed by atoms with Crippen molar-refractivity contribution in [1.82, 2.24) is 4.98 Å². The smallest absolute Gasteiger partial charge is 0.328 e. The van der Waals surface area contributed by atoms with Crippen LogP contribution in [0.2, 0.25) is 0 Å². The summed E-state index contributed by atoms with van der Waals surface area (Å²) in [5.74, 6) is 0.0209. The molecular weight excluding hydrogens is 258 g/mol. The van der Waals surface area contributed by atoms with Crippen LogP contribution in [0.3, 0.4) is 0 Å². The number of aromatic nitrogens is 1. The summed E-state index contributed by atoms with van der Waals surface area (Å²) in [5.41, 5.74) is 1.04. The zero-order valence-corrected chi connectivity index (χ0v) is 12.4. The summed E-state index contributed by atoms with van der Waals surface area (Å²) < 4.78 is 0. The first-order chi connectivity index (χ1) is 9.08. The third-order valence-corrected chi connectivity index (χ3v) is 4.78. The molecule has 1 aliphatic carbocycles. The van der Waals surface area contributed by atoms with Gasteiger partial charge in [-0.3, -0.25) is 0 Å². The number of aliphatic carboxylic acids is 1. The Morgan fingerprint density at radius 2 is 2.05 bits per heavy atom. The summed E-state index contributed by atoms with van der Waals surface area (Å²) in [6.07, 6.45) is 9.29. The standard InChI is InChI=1S/C15H21NO2S/c1-10(2)14-12(8-9-13(17)18)19-15(16-14)11-6-4-3-5-7-11/h8-11H,3-7H2,1-2H3,(H,17,18)/b9-8+. The van der Waals surface area contributed by atoms with Gasteiger partial charge in [-0.1, -0.05) is 33.1 Å². The maximum atomic E-state index is 10.7. The topological polar surface area (TPSA) is 50.2 Å². The molecule has 2 rings (SSSR count). The second-order valence-electron chi connectivity index (χ2n) is 5.46. The van der Waals surface area contributed by atoms with E-state index in [1.165, 1.54) is 43.2 Å². The van der Waals surface area contributed by atoms with Gasteiger partial charge in [0.05, 0.1) is 15.6 Å². The van der Waals surface area contributed by atoms with E-state index < -0.39 is 5.97 Å². The molecule has 0 saturated heterocycles. The molecule has 0 atom stereocenters. The lowest BCUT2D eigenvalue weighted by atomic mass is 9.90. The summed E-state index contributed by atoms with van der Waals surface area (Å²) in [7, 11) is 0. The normalized spacial score (nSPS) is 17.4. The zero-order valence-electron chi connectivity index (χ0n) is 11.6. The highest BCUT2D eigenvalue weighted by Crippen LogP contribution is 2.37. The average molecular weight is 279 g/mol. The number of nitrogens with zero attached hydrogens (tertiary/aromatic N) is 1. The van der Waals surface area contributed by atoms with Crippen LogP contribution in [-0.2, 0) is 4.79 Å². The highest BCUT2D eigenvalue weighted by atomic mass is 32.1. The van der Waals surface area contributed by atoms with Crippen LogP contribution in [0.1, 0.15) is 73.4 Å². The second-order valence-corrected chi connectivity index (χ2v) is 6.53. The Kier molecular flexibility index (Phi) is 4.75. The van der Waals surface area contributed by atoms with Crippen molar-refractivity contribution >= 4 is 23.4 Å². The predicted molar refractivity (Wildman–Crippen MR) is 78.7 cm³/mol. The molecule has 0 amide bonds. The average Bonchev–Trinajstić information content (AvgIpc) is 2.81. The highest BCUT2D eigenvalue weighted by Gasteiger charge is 2.21. The Labute approximate surface area is 118 Å². The molecule has 19 heavy (non-hydrogen) atoms. The van der Waals surface area contributed by atoms with Crippen molar-refractivity contribution in [2.75, 3.05) is 0 Å². The van der Waals surface area contributed by atoms with Crippen molar-refractivity contribution < 1.29 is 9.90 Å². The number of hydrogen-bond acceptors (Lipinski definition) is 3. The molecule has 1 heterocycles. The molecule has 3 nitrogen and oxygen atoms in total. The van der Waals surface area contributed by atoms with Crippen LogP contribution in [-0.4, -0.2) is 16.1 Å². The fourth-order valence-electron chi connectivity index (χ4n) is 2.57. The third kappa shape index (κ3) is 3.66. The van der Waals surface area contributed by atoms with E-state index in [4.69, 9.17) is 10.1 Å². The lowest BCUT2D eigenvalue weighted by Crippen LogP contribution is -2.04. The van der Waals surface area contributed by atoms with Gasteiger partial charge in [-0.05, 0) is 24.8 Å². The van der Waals surface area contributed by atoms with E-state index in [-0.39, 0.29) is 0 Å². The van der Waals surface area contributed by atoms with E-state index in [1.54, 1.807) is 17.4 Å². The third-order valence-electron chi connectivity index (χ3n) is 3.58. The van der Waals surface area contributed by atoms with Crippen LogP contribution in [0, 0.1) is 0 Å². The van der Waals surface area contributed by atoms with E-state index in [9.17, 15) is 4.79 Å². The van der Waals surface area contributed by atoms with E-state index in [2.05, 4.69) is 13.8 Å². The van der Waals surface area contributed by atoms with Gasteiger partial charge >= 0.3 is 5.97 Å². The van der Waals surface area contributed by atoms with E-state index in [1.807, 2.05) is 0 Å². The summed E-state index contributed by atoms with van der Waals surface area (Å²) in [6, 6.07) is 0. The molecule has 0 unspecified atom stereocenters. The molecule has 1 fully saturated rings. The summed E-state index contributed by atoms with van der Waals surface area (Å²) in [6.45, 7) is 4.22. The molecule has 1 saturated carbocycles. The van der Waals surface area contributed by atoms with Crippen LogP contribution in [0.25, 0.3) is 6.08 Å².